The number of carboxylic acid groups (broad SMARTS) is 1. The summed E-state index contributed by atoms with van der Waals surface area (Å²) in [5.41, 5.74) is 2.46. The lowest BCUT2D eigenvalue weighted by molar-refractivity contribution is 0.0689. The van der Waals surface area contributed by atoms with Crippen molar-refractivity contribution in [1.82, 2.24) is 14.8 Å². The first-order valence-electron chi connectivity index (χ1n) is 5.61. The van der Waals surface area contributed by atoms with Crippen LogP contribution in [-0.4, -0.2) is 25.8 Å². The number of aromatic amines is 1. The summed E-state index contributed by atoms with van der Waals surface area (Å²) in [6, 6.07) is 7.11. The van der Waals surface area contributed by atoms with Crippen molar-refractivity contribution in [3.05, 3.63) is 41.2 Å². The third-order valence-corrected chi connectivity index (χ3v) is 3.34. The van der Waals surface area contributed by atoms with Crippen LogP contribution in [-0.2, 0) is 7.05 Å². The Kier molecular flexibility index (Phi) is 2.57. The number of aromatic nitrogens is 3. The van der Waals surface area contributed by atoms with E-state index in [1.165, 1.54) is 10.7 Å². The van der Waals surface area contributed by atoms with Crippen LogP contribution in [0, 0.1) is 0 Å². The van der Waals surface area contributed by atoms with Gasteiger partial charge in [-0.1, -0.05) is 17.7 Å². The smallest absolute Gasteiger partial charge is 0.356 e. The van der Waals surface area contributed by atoms with E-state index < -0.39 is 5.97 Å². The predicted octanol–water partition coefficient (Wildman–Crippen LogP) is 2.92. The molecule has 0 fully saturated rings. The second kappa shape index (κ2) is 4.13. The molecule has 0 amide bonds. The molecule has 0 saturated heterocycles. The molecule has 0 radical (unpaired) electrons. The highest BCUT2D eigenvalue weighted by Gasteiger charge is 2.16. The lowest BCUT2D eigenvalue weighted by Crippen LogP contribution is -1.99. The highest BCUT2D eigenvalue weighted by atomic mass is 35.5. The lowest BCUT2D eigenvalue weighted by Gasteiger charge is -2.01. The monoisotopic (exact) mass is 275 g/mol. The van der Waals surface area contributed by atoms with Crippen molar-refractivity contribution in [2.45, 2.75) is 0 Å². The SMILES string of the molecule is Cn1nc(C(=O)O)cc1-c1c[nH]c2cccc(Cl)c12. The summed E-state index contributed by atoms with van der Waals surface area (Å²) >= 11 is 6.21. The third-order valence-electron chi connectivity index (χ3n) is 3.03. The quantitative estimate of drug-likeness (QED) is 0.755. The molecule has 19 heavy (non-hydrogen) atoms. The Bertz CT molecular complexity index is 788. The molecule has 2 aromatic heterocycles. The van der Waals surface area contributed by atoms with Gasteiger partial charge < -0.3 is 10.1 Å². The summed E-state index contributed by atoms with van der Waals surface area (Å²) in [4.78, 5) is 14.1. The summed E-state index contributed by atoms with van der Waals surface area (Å²) in [6.07, 6.45) is 1.80. The number of halogens is 1. The third kappa shape index (κ3) is 1.79. The number of rotatable bonds is 2. The molecule has 0 aliphatic heterocycles. The van der Waals surface area contributed by atoms with E-state index >= 15 is 0 Å². The van der Waals surface area contributed by atoms with E-state index in [0.717, 1.165) is 16.5 Å². The van der Waals surface area contributed by atoms with E-state index in [1.807, 2.05) is 12.1 Å². The van der Waals surface area contributed by atoms with Gasteiger partial charge in [0.15, 0.2) is 5.69 Å². The highest BCUT2D eigenvalue weighted by molar-refractivity contribution is 6.36. The van der Waals surface area contributed by atoms with Crippen LogP contribution in [0.2, 0.25) is 5.02 Å². The fraction of sp³-hybridized carbons (Fsp3) is 0.0769. The van der Waals surface area contributed by atoms with Gasteiger partial charge in [-0.15, -0.1) is 0 Å². The number of carboxylic acids is 1. The van der Waals surface area contributed by atoms with Crippen molar-refractivity contribution in [3.8, 4) is 11.3 Å². The van der Waals surface area contributed by atoms with Crippen LogP contribution in [0.1, 0.15) is 10.5 Å². The average Bonchev–Trinajstić information content (AvgIpc) is 2.93. The molecule has 2 N–H and O–H groups in total. The van der Waals surface area contributed by atoms with E-state index in [-0.39, 0.29) is 5.69 Å². The molecule has 3 rings (SSSR count). The van der Waals surface area contributed by atoms with Crippen LogP contribution in [0.3, 0.4) is 0 Å². The summed E-state index contributed by atoms with van der Waals surface area (Å²) in [6.45, 7) is 0. The van der Waals surface area contributed by atoms with Gasteiger partial charge in [0.05, 0.1) is 10.7 Å². The standard InChI is InChI=1S/C13H10ClN3O2/c1-17-11(5-10(16-17)13(18)19)7-6-15-9-4-2-3-8(14)12(7)9/h2-6,15H,1H3,(H,18,19). The van der Waals surface area contributed by atoms with E-state index in [9.17, 15) is 4.79 Å². The van der Waals surface area contributed by atoms with E-state index in [2.05, 4.69) is 10.1 Å². The minimum Gasteiger partial charge on any atom is -0.476 e. The highest BCUT2D eigenvalue weighted by Crippen LogP contribution is 2.33. The number of hydrogen-bond donors (Lipinski definition) is 2. The number of H-pyrrole nitrogens is 1. The maximum Gasteiger partial charge on any atom is 0.356 e. The molecule has 0 spiro atoms. The molecule has 6 heteroatoms. The van der Waals surface area contributed by atoms with Gasteiger partial charge in [0.1, 0.15) is 0 Å². The zero-order chi connectivity index (χ0) is 13.6. The number of carbonyl (C=O) groups is 1. The van der Waals surface area contributed by atoms with Crippen LogP contribution in [0.25, 0.3) is 22.2 Å². The Labute approximate surface area is 113 Å². The Morgan fingerprint density at radius 3 is 2.95 bits per heavy atom. The average molecular weight is 276 g/mol. The molecule has 0 bridgehead atoms. The van der Waals surface area contributed by atoms with Crippen molar-refractivity contribution in [3.63, 3.8) is 0 Å². The Morgan fingerprint density at radius 2 is 2.26 bits per heavy atom. The molecular weight excluding hydrogens is 266 g/mol. The number of aromatic carboxylic acids is 1. The number of benzene rings is 1. The number of nitrogens with zero attached hydrogens (tertiary/aromatic N) is 2. The molecule has 2 heterocycles. The fourth-order valence-corrected chi connectivity index (χ4v) is 2.44. The Hall–Kier alpha value is -2.27. The van der Waals surface area contributed by atoms with Crippen LogP contribution in [0.5, 0.6) is 0 Å². The van der Waals surface area contributed by atoms with Gasteiger partial charge in [-0.2, -0.15) is 5.10 Å². The lowest BCUT2D eigenvalue weighted by atomic mass is 10.1. The molecule has 0 aliphatic carbocycles. The topological polar surface area (TPSA) is 70.9 Å². The first kappa shape index (κ1) is 11.8. The molecule has 1 aromatic carbocycles. The normalized spacial score (nSPS) is 11.1. The minimum atomic E-state index is -1.05. The summed E-state index contributed by atoms with van der Waals surface area (Å²) in [5.74, 6) is -1.05. The zero-order valence-corrected chi connectivity index (χ0v) is 10.8. The van der Waals surface area contributed by atoms with Crippen molar-refractivity contribution >= 4 is 28.5 Å². The molecule has 0 atom stereocenters. The zero-order valence-electron chi connectivity index (χ0n) is 10.0. The van der Waals surface area contributed by atoms with Gasteiger partial charge in [0.25, 0.3) is 0 Å². The van der Waals surface area contributed by atoms with Gasteiger partial charge >= 0.3 is 5.97 Å². The molecule has 5 nitrogen and oxygen atoms in total. The van der Waals surface area contributed by atoms with Crippen LogP contribution in [0.4, 0.5) is 0 Å². The molecule has 96 valence electrons. The van der Waals surface area contributed by atoms with Crippen LogP contribution < -0.4 is 0 Å². The maximum atomic E-state index is 11.0. The summed E-state index contributed by atoms with van der Waals surface area (Å²) in [7, 11) is 1.71. The largest absolute Gasteiger partial charge is 0.476 e. The molecule has 0 saturated carbocycles. The van der Waals surface area contributed by atoms with Gasteiger partial charge in [-0.05, 0) is 18.2 Å². The Balaban J connectivity index is 2.28. The second-order valence-corrected chi connectivity index (χ2v) is 4.62. The van der Waals surface area contributed by atoms with Gasteiger partial charge in [0, 0.05) is 29.7 Å². The van der Waals surface area contributed by atoms with E-state index in [4.69, 9.17) is 16.7 Å². The molecule has 0 aliphatic rings. The molecule has 0 unspecified atom stereocenters. The number of hydrogen-bond acceptors (Lipinski definition) is 2. The molecular formula is C13H10ClN3O2. The number of aryl methyl sites for hydroxylation is 1. The number of nitrogens with one attached hydrogen (secondary N) is 1. The van der Waals surface area contributed by atoms with Crippen molar-refractivity contribution in [2.24, 2.45) is 7.05 Å². The van der Waals surface area contributed by atoms with Crippen molar-refractivity contribution < 1.29 is 9.90 Å². The summed E-state index contributed by atoms with van der Waals surface area (Å²) < 4.78 is 1.54. The van der Waals surface area contributed by atoms with Crippen LogP contribution in [0.15, 0.2) is 30.5 Å². The van der Waals surface area contributed by atoms with Gasteiger partial charge in [0.2, 0.25) is 0 Å². The first-order valence-corrected chi connectivity index (χ1v) is 5.99. The Morgan fingerprint density at radius 1 is 1.47 bits per heavy atom. The van der Waals surface area contributed by atoms with Crippen LogP contribution >= 0.6 is 11.6 Å². The van der Waals surface area contributed by atoms with E-state index in [1.54, 1.807) is 19.3 Å². The summed E-state index contributed by atoms with van der Waals surface area (Å²) in [5, 5.41) is 14.4. The van der Waals surface area contributed by atoms with Crippen molar-refractivity contribution in [1.29, 1.82) is 0 Å². The first-order chi connectivity index (χ1) is 9.08. The maximum absolute atomic E-state index is 11.0. The minimum absolute atomic E-state index is 0.0129. The van der Waals surface area contributed by atoms with Gasteiger partial charge in [-0.25, -0.2) is 4.79 Å². The van der Waals surface area contributed by atoms with Crippen molar-refractivity contribution in [2.75, 3.05) is 0 Å². The second-order valence-electron chi connectivity index (χ2n) is 4.21. The fourth-order valence-electron chi connectivity index (χ4n) is 2.17. The van der Waals surface area contributed by atoms with Gasteiger partial charge in [-0.3, -0.25) is 4.68 Å². The predicted molar refractivity (Wildman–Crippen MR) is 72.5 cm³/mol. The van der Waals surface area contributed by atoms with E-state index in [0.29, 0.717) is 10.7 Å². The number of fused-ring (bicyclic) bond motifs is 1. The molecule has 3 aromatic rings.